The van der Waals surface area contributed by atoms with Gasteiger partial charge in [-0.05, 0) is 43.0 Å². The number of hydrogen-bond donors (Lipinski definition) is 2. The van der Waals surface area contributed by atoms with Crippen LogP contribution in [-0.4, -0.2) is 26.0 Å². The van der Waals surface area contributed by atoms with Gasteiger partial charge in [-0.2, -0.15) is 11.8 Å². The van der Waals surface area contributed by atoms with Gasteiger partial charge in [-0.15, -0.1) is 0 Å². The fourth-order valence-electron chi connectivity index (χ4n) is 1.53. The zero-order valence-corrected chi connectivity index (χ0v) is 13.4. The van der Waals surface area contributed by atoms with Gasteiger partial charge in [0.1, 0.15) is 4.90 Å². The first-order chi connectivity index (χ1) is 8.86. The predicted octanol–water partition coefficient (Wildman–Crippen LogP) is 2.73. The molecular formula is C12H19ClN2O2S2. The molecule has 1 atom stereocenters. The number of nitrogen functional groups attached to an aromatic ring is 1. The molecule has 1 aromatic carbocycles. The molecule has 0 saturated carbocycles. The molecule has 1 unspecified atom stereocenters. The van der Waals surface area contributed by atoms with Crippen LogP contribution in [0.15, 0.2) is 23.1 Å². The highest BCUT2D eigenvalue weighted by molar-refractivity contribution is 7.99. The van der Waals surface area contributed by atoms with Gasteiger partial charge in [0.05, 0.1) is 5.69 Å². The zero-order valence-electron chi connectivity index (χ0n) is 11.0. The van der Waals surface area contributed by atoms with Crippen molar-refractivity contribution in [2.75, 3.05) is 17.2 Å². The lowest BCUT2D eigenvalue weighted by Gasteiger charge is -2.15. The molecule has 0 heterocycles. The minimum atomic E-state index is -3.62. The Kier molecular flexibility index (Phi) is 6.46. The molecule has 1 rings (SSSR count). The van der Waals surface area contributed by atoms with Crippen molar-refractivity contribution in [2.24, 2.45) is 0 Å². The van der Waals surface area contributed by atoms with E-state index in [4.69, 9.17) is 17.3 Å². The van der Waals surface area contributed by atoms with Crippen LogP contribution in [0.4, 0.5) is 5.69 Å². The SMILES string of the molecule is CCSCCC(C)NS(=O)(=O)c1cc(Cl)ccc1N. The van der Waals surface area contributed by atoms with Gasteiger partial charge in [-0.3, -0.25) is 0 Å². The van der Waals surface area contributed by atoms with Crippen LogP contribution in [0.2, 0.25) is 5.02 Å². The molecule has 108 valence electrons. The molecule has 0 aliphatic carbocycles. The molecule has 1 aromatic rings. The largest absolute Gasteiger partial charge is 0.398 e. The Balaban J connectivity index is 2.78. The topological polar surface area (TPSA) is 72.2 Å². The lowest BCUT2D eigenvalue weighted by atomic mass is 10.3. The van der Waals surface area contributed by atoms with E-state index in [9.17, 15) is 8.42 Å². The van der Waals surface area contributed by atoms with Crippen molar-refractivity contribution in [3.05, 3.63) is 23.2 Å². The van der Waals surface area contributed by atoms with E-state index in [1.54, 1.807) is 17.8 Å². The van der Waals surface area contributed by atoms with Crippen LogP contribution in [-0.2, 0) is 10.0 Å². The lowest BCUT2D eigenvalue weighted by molar-refractivity contribution is 0.557. The number of nitrogens with two attached hydrogens (primary N) is 1. The third kappa shape index (κ3) is 5.22. The molecule has 0 fully saturated rings. The second kappa shape index (κ2) is 7.38. The van der Waals surface area contributed by atoms with Crippen LogP contribution in [0.1, 0.15) is 20.3 Å². The van der Waals surface area contributed by atoms with Gasteiger partial charge >= 0.3 is 0 Å². The lowest BCUT2D eigenvalue weighted by Crippen LogP contribution is -2.33. The number of sulfonamides is 1. The summed E-state index contributed by atoms with van der Waals surface area (Å²) in [6.07, 6.45) is 0.776. The summed E-state index contributed by atoms with van der Waals surface area (Å²) < 4.78 is 27.0. The number of benzene rings is 1. The van der Waals surface area contributed by atoms with E-state index in [1.165, 1.54) is 12.1 Å². The Bertz CT molecular complexity index is 520. The van der Waals surface area contributed by atoms with Crippen molar-refractivity contribution < 1.29 is 8.42 Å². The van der Waals surface area contributed by atoms with Crippen LogP contribution in [0, 0.1) is 0 Å². The third-order valence-corrected chi connectivity index (χ3v) is 5.33. The van der Waals surface area contributed by atoms with Crippen LogP contribution < -0.4 is 10.5 Å². The summed E-state index contributed by atoms with van der Waals surface area (Å²) in [6, 6.07) is 4.29. The van der Waals surface area contributed by atoms with Crippen LogP contribution in [0.5, 0.6) is 0 Å². The molecular weight excluding hydrogens is 304 g/mol. The summed E-state index contributed by atoms with van der Waals surface area (Å²) in [5, 5.41) is 0.351. The van der Waals surface area contributed by atoms with Gasteiger partial charge in [0, 0.05) is 11.1 Å². The van der Waals surface area contributed by atoms with Crippen molar-refractivity contribution in [3.63, 3.8) is 0 Å². The monoisotopic (exact) mass is 322 g/mol. The molecule has 19 heavy (non-hydrogen) atoms. The van der Waals surface area contributed by atoms with Gasteiger partial charge in [-0.25, -0.2) is 13.1 Å². The van der Waals surface area contributed by atoms with Crippen molar-refractivity contribution >= 4 is 39.1 Å². The van der Waals surface area contributed by atoms with Crippen LogP contribution in [0.25, 0.3) is 0 Å². The normalized spacial score (nSPS) is 13.4. The average molecular weight is 323 g/mol. The molecule has 0 aliphatic heterocycles. The first kappa shape index (κ1) is 16.6. The molecule has 3 N–H and O–H groups in total. The number of nitrogens with one attached hydrogen (secondary N) is 1. The van der Waals surface area contributed by atoms with Gasteiger partial charge in [-0.1, -0.05) is 18.5 Å². The van der Waals surface area contributed by atoms with Crippen molar-refractivity contribution in [1.82, 2.24) is 4.72 Å². The van der Waals surface area contributed by atoms with Gasteiger partial charge < -0.3 is 5.73 Å². The minimum Gasteiger partial charge on any atom is -0.398 e. The van der Waals surface area contributed by atoms with Crippen LogP contribution in [0.3, 0.4) is 0 Å². The molecule has 7 heteroatoms. The third-order valence-electron chi connectivity index (χ3n) is 2.52. The van der Waals surface area contributed by atoms with E-state index in [1.807, 2.05) is 6.92 Å². The Morgan fingerprint density at radius 2 is 2.16 bits per heavy atom. The highest BCUT2D eigenvalue weighted by Gasteiger charge is 2.20. The first-order valence-corrected chi connectivity index (χ1v) is 9.03. The molecule has 0 spiro atoms. The van der Waals surface area contributed by atoms with E-state index >= 15 is 0 Å². The average Bonchev–Trinajstić information content (AvgIpc) is 2.32. The van der Waals surface area contributed by atoms with Crippen molar-refractivity contribution in [1.29, 1.82) is 0 Å². The molecule has 0 aliphatic rings. The first-order valence-electron chi connectivity index (χ1n) is 6.02. The van der Waals surface area contributed by atoms with Gasteiger partial charge in [0.25, 0.3) is 0 Å². The summed E-state index contributed by atoms with van der Waals surface area (Å²) in [7, 11) is -3.62. The summed E-state index contributed by atoms with van der Waals surface area (Å²) in [4.78, 5) is 0.0370. The highest BCUT2D eigenvalue weighted by Crippen LogP contribution is 2.23. The highest BCUT2D eigenvalue weighted by atomic mass is 35.5. The fraction of sp³-hybridized carbons (Fsp3) is 0.500. The maximum Gasteiger partial charge on any atom is 0.242 e. The quantitative estimate of drug-likeness (QED) is 0.598. The van der Waals surface area contributed by atoms with Gasteiger partial charge in [0.15, 0.2) is 0 Å². The number of rotatable bonds is 7. The second-order valence-electron chi connectivity index (χ2n) is 4.19. The smallest absolute Gasteiger partial charge is 0.242 e. The molecule has 0 amide bonds. The number of thioether (sulfide) groups is 1. The van der Waals surface area contributed by atoms with Crippen molar-refractivity contribution in [3.8, 4) is 0 Å². The van der Waals surface area contributed by atoms with Crippen LogP contribution >= 0.6 is 23.4 Å². The predicted molar refractivity (Wildman–Crippen MR) is 83.3 cm³/mol. The molecule has 0 aromatic heterocycles. The number of halogens is 1. The fourth-order valence-corrected chi connectivity index (χ4v) is 4.01. The zero-order chi connectivity index (χ0) is 14.5. The van der Waals surface area contributed by atoms with E-state index in [2.05, 4.69) is 11.6 Å². The Labute approximate surface area is 124 Å². The maximum atomic E-state index is 12.2. The number of anilines is 1. The summed E-state index contributed by atoms with van der Waals surface area (Å²) in [6.45, 7) is 3.92. The Hall–Kier alpha value is -0.430. The second-order valence-corrected chi connectivity index (χ2v) is 7.70. The van der Waals surface area contributed by atoms with E-state index in [0.29, 0.717) is 5.02 Å². The van der Waals surface area contributed by atoms with E-state index in [-0.39, 0.29) is 16.6 Å². The molecule has 0 radical (unpaired) electrons. The minimum absolute atomic E-state index is 0.0370. The van der Waals surface area contributed by atoms with E-state index in [0.717, 1.165) is 17.9 Å². The molecule has 0 saturated heterocycles. The van der Waals surface area contributed by atoms with Gasteiger partial charge in [0.2, 0.25) is 10.0 Å². The standard InChI is InChI=1S/C12H19ClN2O2S2/c1-3-18-7-6-9(2)15-19(16,17)12-8-10(13)4-5-11(12)14/h4-5,8-9,15H,3,6-7,14H2,1-2H3. The summed E-state index contributed by atoms with van der Waals surface area (Å²) >= 11 is 7.59. The number of hydrogen-bond acceptors (Lipinski definition) is 4. The molecule has 4 nitrogen and oxygen atoms in total. The molecule has 0 bridgehead atoms. The Morgan fingerprint density at radius 3 is 2.79 bits per heavy atom. The summed E-state index contributed by atoms with van der Waals surface area (Å²) in [5.41, 5.74) is 5.89. The summed E-state index contributed by atoms with van der Waals surface area (Å²) in [5.74, 6) is 1.95. The Morgan fingerprint density at radius 1 is 1.47 bits per heavy atom. The van der Waals surface area contributed by atoms with E-state index < -0.39 is 10.0 Å². The maximum absolute atomic E-state index is 12.2. The van der Waals surface area contributed by atoms with Crippen molar-refractivity contribution in [2.45, 2.75) is 31.2 Å².